The third-order valence-corrected chi connectivity index (χ3v) is 4.47. The predicted octanol–water partition coefficient (Wildman–Crippen LogP) is 4.12. The molecule has 142 valence electrons. The molecular formula is C18H27F3N2O2. The van der Waals surface area contributed by atoms with Gasteiger partial charge in [0.1, 0.15) is 11.5 Å². The minimum atomic E-state index is -4.70. The van der Waals surface area contributed by atoms with E-state index in [9.17, 15) is 13.2 Å². The van der Waals surface area contributed by atoms with Gasteiger partial charge in [-0.15, -0.1) is 13.2 Å². The molecule has 1 fully saturated rings. The van der Waals surface area contributed by atoms with Crippen molar-refractivity contribution in [3.05, 3.63) is 23.8 Å². The molecule has 1 aliphatic rings. The molecule has 0 radical (unpaired) electrons. The smallest absolute Gasteiger partial charge is 0.496 e. The number of halogens is 3. The summed E-state index contributed by atoms with van der Waals surface area (Å²) in [4.78, 5) is 2.38. The topological polar surface area (TPSA) is 33.7 Å². The van der Waals surface area contributed by atoms with E-state index in [1.807, 2.05) is 0 Å². The van der Waals surface area contributed by atoms with Gasteiger partial charge in [0.25, 0.3) is 0 Å². The zero-order chi connectivity index (χ0) is 18.3. The number of nitrogens with zero attached hydrogens (tertiary/aromatic N) is 1. The molecule has 1 atom stereocenters. The number of benzene rings is 1. The zero-order valence-corrected chi connectivity index (χ0v) is 14.9. The number of nitrogens with one attached hydrogen (secondary N) is 1. The van der Waals surface area contributed by atoms with Gasteiger partial charge in [0.05, 0.1) is 7.11 Å². The van der Waals surface area contributed by atoms with Crippen LogP contribution in [-0.2, 0) is 0 Å². The van der Waals surface area contributed by atoms with E-state index in [2.05, 4.69) is 21.9 Å². The van der Waals surface area contributed by atoms with Crippen molar-refractivity contribution in [2.24, 2.45) is 0 Å². The summed E-state index contributed by atoms with van der Waals surface area (Å²) >= 11 is 0. The number of hydrogen-bond acceptors (Lipinski definition) is 4. The Morgan fingerprint density at radius 3 is 2.52 bits per heavy atom. The summed E-state index contributed by atoms with van der Waals surface area (Å²) in [5, 5.41) is 3.33. The van der Waals surface area contributed by atoms with Crippen molar-refractivity contribution in [3.63, 3.8) is 0 Å². The first-order valence-electron chi connectivity index (χ1n) is 8.83. The largest absolute Gasteiger partial charge is 0.573 e. The summed E-state index contributed by atoms with van der Waals surface area (Å²) in [6.07, 6.45) is -0.395. The van der Waals surface area contributed by atoms with Gasteiger partial charge >= 0.3 is 6.36 Å². The highest BCUT2D eigenvalue weighted by atomic mass is 19.4. The Bertz CT molecular complexity index is 532. The van der Waals surface area contributed by atoms with Crippen LogP contribution in [0.15, 0.2) is 18.2 Å². The van der Waals surface area contributed by atoms with Crippen LogP contribution in [0.3, 0.4) is 0 Å². The maximum atomic E-state index is 12.5. The molecule has 1 saturated heterocycles. The molecule has 25 heavy (non-hydrogen) atoms. The minimum Gasteiger partial charge on any atom is -0.496 e. The molecular weight excluding hydrogens is 333 g/mol. The summed E-state index contributed by atoms with van der Waals surface area (Å²) in [6, 6.07) is 4.56. The molecule has 4 nitrogen and oxygen atoms in total. The first-order chi connectivity index (χ1) is 11.9. The van der Waals surface area contributed by atoms with E-state index in [-0.39, 0.29) is 11.8 Å². The summed E-state index contributed by atoms with van der Waals surface area (Å²) in [6.45, 7) is 5.83. The van der Waals surface area contributed by atoms with Gasteiger partial charge in [-0.05, 0) is 12.5 Å². The van der Waals surface area contributed by atoms with Crippen molar-refractivity contribution >= 4 is 0 Å². The van der Waals surface area contributed by atoms with E-state index < -0.39 is 6.36 Å². The van der Waals surface area contributed by atoms with Gasteiger partial charge in [0.15, 0.2) is 0 Å². The van der Waals surface area contributed by atoms with E-state index in [4.69, 9.17) is 4.74 Å². The van der Waals surface area contributed by atoms with Gasteiger partial charge < -0.3 is 14.8 Å². The van der Waals surface area contributed by atoms with Gasteiger partial charge in [0.2, 0.25) is 0 Å². The standard InChI is InChI=1S/C18H27F3N2O2/c1-3-4-5-6-16(23-11-9-22-10-12-23)15-8-7-14(13-17(15)24-2)25-18(19,20)21/h7-8,13,16,22H,3-6,9-12H2,1-2H3/t16-/m0/s1. The van der Waals surface area contributed by atoms with Gasteiger partial charge in [-0.1, -0.05) is 32.3 Å². The molecule has 0 bridgehead atoms. The SMILES string of the molecule is CCCCC[C@@H](c1ccc(OC(F)(F)F)cc1OC)N1CCNCC1. The van der Waals surface area contributed by atoms with Crippen LogP contribution in [-0.4, -0.2) is 44.6 Å². The Morgan fingerprint density at radius 1 is 1.20 bits per heavy atom. The van der Waals surface area contributed by atoms with Crippen LogP contribution < -0.4 is 14.8 Å². The highest BCUT2D eigenvalue weighted by molar-refractivity contribution is 5.42. The average Bonchev–Trinajstić information content (AvgIpc) is 2.58. The highest BCUT2D eigenvalue weighted by Gasteiger charge is 2.32. The zero-order valence-electron chi connectivity index (χ0n) is 14.9. The second kappa shape index (κ2) is 9.29. The molecule has 0 aliphatic carbocycles. The Labute approximate surface area is 147 Å². The molecule has 0 unspecified atom stereocenters. The second-order valence-electron chi connectivity index (χ2n) is 6.25. The van der Waals surface area contributed by atoms with Gasteiger partial charge in [-0.25, -0.2) is 0 Å². The molecule has 1 aromatic rings. The Balaban J connectivity index is 2.24. The number of ether oxygens (including phenoxy) is 2. The third-order valence-electron chi connectivity index (χ3n) is 4.47. The van der Waals surface area contributed by atoms with Gasteiger partial charge in [0, 0.05) is 43.9 Å². The summed E-state index contributed by atoms with van der Waals surface area (Å²) < 4.78 is 46.8. The van der Waals surface area contributed by atoms with Crippen molar-refractivity contribution in [2.75, 3.05) is 33.3 Å². The number of alkyl halides is 3. The Morgan fingerprint density at radius 2 is 1.92 bits per heavy atom. The van der Waals surface area contributed by atoms with Crippen LogP contribution >= 0.6 is 0 Å². The fourth-order valence-electron chi connectivity index (χ4n) is 3.28. The first kappa shape index (κ1) is 19.8. The molecule has 0 amide bonds. The minimum absolute atomic E-state index is 0.142. The molecule has 1 N–H and O–H groups in total. The van der Waals surface area contributed by atoms with Gasteiger partial charge in [-0.3, -0.25) is 4.90 Å². The lowest BCUT2D eigenvalue weighted by atomic mass is 9.97. The van der Waals surface area contributed by atoms with E-state index in [0.29, 0.717) is 5.75 Å². The molecule has 1 aliphatic heterocycles. The molecule has 0 spiro atoms. The van der Waals surface area contributed by atoms with Gasteiger partial charge in [-0.2, -0.15) is 0 Å². The number of methoxy groups -OCH3 is 1. The number of piperazine rings is 1. The van der Waals surface area contributed by atoms with Crippen molar-refractivity contribution in [3.8, 4) is 11.5 Å². The van der Waals surface area contributed by atoms with Crippen LogP contribution in [0.1, 0.15) is 44.2 Å². The molecule has 0 aromatic heterocycles. The van der Waals surface area contributed by atoms with E-state index in [1.165, 1.54) is 19.2 Å². The van der Waals surface area contributed by atoms with Crippen molar-refractivity contribution in [1.29, 1.82) is 0 Å². The van der Waals surface area contributed by atoms with Crippen LogP contribution in [0.4, 0.5) is 13.2 Å². The normalized spacial score (nSPS) is 17.3. The average molecular weight is 360 g/mol. The maximum Gasteiger partial charge on any atom is 0.573 e. The summed E-state index contributed by atoms with van der Waals surface area (Å²) in [7, 11) is 1.48. The monoisotopic (exact) mass is 360 g/mol. The fourth-order valence-corrected chi connectivity index (χ4v) is 3.28. The van der Waals surface area contributed by atoms with Crippen LogP contribution in [0, 0.1) is 0 Å². The molecule has 2 rings (SSSR count). The van der Waals surface area contributed by atoms with Crippen molar-refractivity contribution in [2.45, 2.75) is 45.0 Å². The first-order valence-corrected chi connectivity index (χ1v) is 8.83. The van der Waals surface area contributed by atoms with E-state index >= 15 is 0 Å². The quantitative estimate of drug-likeness (QED) is 0.707. The Hall–Kier alpha value is -1.47. The van der Waals surface area contributed by atoms with Crippen LogP contribution in [0.25, 0.3) is 0 Å². The molecule has 0 saturated carbocycles. The number of rotatable bonds is 8. The summed E-state index contributed by atoms with van der Waals surface area (Å²) in [5.41, 5.74) is 0.926. The van der Waals surface area contributed by atoms with Crippen LogP contribution in [0.2, 0.25) is 0 Å². The summed E-state index contributed by atoms with van der Waals surface area (Å²) in [5.74, 6) is 0.197. The fraction of sp³-hybridized carbons (Fsp3) is 0.667. The molecule has 7 heteroatoms. The number of hydrogen-bond donors (Lipinski definition) is 1. The van der Waals surface area contributed by atoms with Crippen molar-refractivity contribution in [1.82, 2.24) is 10.2 Å². The van der Waals surface area contributed by atoms with E-state index in [0.717, 1.165) is 57.4 Å². The van der Waals surface area contributed by atoms with E-state index in [1.54, 1.807) is 6.07 Å². The molecule has 1 aromatic carbocycles. The highest BCUT2D eigenvalue weighted by Crippen LogP contribution is 2.37. The third kappa shape index (κ3) is 6.08. The lowest BCUT2D eigenvalue weighted by Gasteiger charge is -2.36. The Kier molecular flexibility index (Phi) is 7.38. The lowest BCUT2D eigenvalue weighted by Crippen LogP contribution is -2.45. The second-order valence-corrected chi connectivity index (χ2v) is 6.25. The lowest BCUT2D eigenvalue weighted by molar-refractivity contribution is -0.274. The maximum absolute atomic E-state index is 12.5. The molecule has 1 heterocycles. The predicted molar refractivity (Wildman–Crippen MR) is 91.0 cm³/mol. The van der Waals surface area contributed by atoms with Crippen LogP contribution in [0.5, 0.6) is 11.5 Å². The number of unbranched alkanes of at least 4 members (excludes halogenated alkanes) is 2. The van der Waals surface area contributed by atoms with Crippen molar-refractivity contribution < 1.29 is 22.6 Å².